The van der Waals surface area contributed by atoms with Gasteiger partial charge in [-0.3, -0.25) is 14.0 Å². The molecule has 0 atom stereocenters. The van der Waals surface area contributed by atoms with Crippen molar-refractivity contribution in [1.82, 2.24) is 10.3 Å². The second-order valence-corrected chi connectivity index (χ2v) is 13.1. The highest BCUT2D eigenvalue weighted by Gasteiger charge is 2.30. The summed E-state index contributed by atoms with van der Waals surface area (Å²) in [7, 11) is -0.985. The van der Waals surface area contributed by atoms with E-state index in [0.717, 1.165) is 10.6 Å². The van der Waals surface area contributed by atoms with Crippen molar-refractivity contribution in [3.8, 4) is 33.9 Å². The van der Waals surface area contributed by atoms with Crippen LogP contribution in [0.2, 0.25) is 0 Å². The van der Waals surface area contributed by atoms with E-state index in [1.807, 2.05) is 0 Å². The SMILES string of the molecule is CNC(=O)c1c(-c2ccc(F)cc2)oc2cc(N(C)S(C)(=O)=O)c(-c3ccc(N4CCOC4=O)c(-c4nc5c(F)cccc5o4)c3)cc12. The summed E-state index contributed by atoms with van der Waals surface area (Å²) in [5, 5.41) is 2.97. The monoisotopic (exact) mass is 672 g/mol. The van der Waals surface area contributed by atoms with Crippen LogP contribution in [-0.2, 0) is 14.8 Å². The van der Waals surface area contributed by atoms with Crippen molar-refractivity contribution in [3.63, 3.8) is 0 Å². The van der Waals surface area contributed by atoms with Gasteiger partial charge in [-0.25, -0.2) is 27.0 Å². The summed E-state index contributed by atoms with van der Waals surface area (Å²) in [4.78, 5) is 31.7. The first kappa shape index (κ1) is 30.9. The number of hydrogen-bond acceptors (Lipinski definition) is 8. The molecule has 2 amide bonds. The van der Waals surface area contributed by atoms with E-state index in [-0.39, 0.29) is 52.7 Å². The molecule has 1 fully saturated rings. The van der Waals surface area contributed by atoms with E-state index in [1.165, 1.54) is 61.5 Å². The average Bonchev–Trinajstić information content (AvgIpc) is 3.80. The maximum Gasteiger partial charge on any atom is 0.414 e. The van der Waals surface area contributed by atoms with Gasteiger partial charge in [-0.1, -0.05) is 12.1 Å². The summed E-state index contributed by atoms with van der Waals surface area (Å²) in [6, 6.07) is 17.8. The summed E-state index contributed by atoms with van der Waals surface area (Å²) in [5.74, 6) is -1.38. The molecule has 0 unspecified atom stereocenters. The molecule has 244 valence electrons. The number of para-hydroxylation sites is 1. The highest BCUT2D eigenvalue weighted by molar-refractivity contribution is 7.92. The quantitative estimate of drug-likeness (QED) is 0.201. The molecule has 1 aliphatic rings. The molecule has 11 nitrogen and oxygen atoms in total. The molecule has 0 aliphatic carbocycles. The van der Waals surface area contributed by atoms with E-state index in [2.05, 4.69) is 10.3 Å². The third-order valence-corrected chi connectivity index (χ3v) is 9.35. The van der Waals surface area contributed by atoms with Gasteiger partial charge in [-0.05, 0) is 60.2 Å². The van der Waals surface area contributed by atoms with E-state index >= 15 is 0 Å². The second kappa shape index (κ2) is 11.5. The fourth-order valence-corrected chi connectivity index (χ4v) is 6.22. The van der Waals surface area contributed by atoms with Gasteiger partial charge in [0, 0.05) is 36.7 Å². The Morgan fingerprint density at radius 1 is 0.958 bits per heavy atom. The van der Waals surface area contributed by atoms with Gasteiger partial charge in [0.2, 0.25) is 15.9 Å². The molecule has 0 spiro atoms. The van der Waals surface area contributed by atoms with Crippen LogP contribution in [0.15, 0.2) is 81.6 Å². The van der Waals surface area contributed by atoms with Gasteiger partial charge in [-0.15, -0.1) is 0 Å². The zero-order chi connectivity index (χ0) is 33.9. The highest BCUT2D eigenvalue weighted by Crippen LogP contribution is 2.44. The van der Waals surface area contributed by atoms with Crippen molar-refractivity contribution in [2.75, 3.05) is 42.7 Å². The van der Waals surface area contributed by atoms with Gasteiger partial charge in [0.15, 0.2) is 11.4 Å². The Balaban J connectivity index is 1.51. The number of benzene rings is 4. The van der Waals surface area contributed by atoms with Crippen molar-refractivity contribution >= 4 is 55.5 Å². The van der Waals surface area contributed by atoms with Gasteiger partial charge in [0.05, 0.1) is 35.3 Å². The third kappa shape index (κ3) is 5.19. The number of nitrogens with one attached hydrogen (secondary N) is 1. The molecule has 1 saturated heterocycles. The van der Waals surface area contributed by atoms with Crippen molar-refractivity contribution < 1.29 is 40.4 Å². The zero-order valence-electron chi connectivity index (χ0n) is 25.7. The predicted octanol–water partition coefficient (Wildman–Crippen LogP) is 6.57. The number of furan rings is 1. The first-order chi connectivity index (χ1) is 22.9. The first-order valence-electron chi connectivity index (χ1n) is 14.6. The van der Waals surface area contributed by atoms with E-state index in [9.17, 15) is 26.8 Å². The van der Waals surface area contributed by atoms with Crippen LogP contribution in [0.1, 0.15) is 10.4 Å². The maximum atomic E-state index is 14.7. The van der Waals surface area contributed by atoms with E-state index in [1.54, 1.807) is 30.3 Å². The number of amides is 2. The lowest BCUT2D eigenvalue weighted by molar-refractivity contribution is 0.0964. The Labute approximate surface area is 272 Å². The molecule has 1 aliphatic heterocycles. The molecule has 1 N–H and O–H groups in total. The largest absolute Gasteiger partial charge is 0.455 e. The van der Waals surface area contributed by atoms with Gasteiger partial charge < -0.3 is 18.9 Å². The number of carbonyl (C=O) groups excluding carboxylic acids is 2. The van der Waals surface area contributed by atoms with Crippen LogP contribution in [0.25, 0.3) is 56.0 Å². The number of rotatable bonds is 7. The molecule has 48 heavy (non-hydrogen) atoms. The first-order valence-corrected chi connectivity index (χ1v) is 16.5. The Bertz CT molecular complexity index is 2390. The second-order valence-electron chi connectivity index (χ2n) is 11.1. The van der Waals surface area contributed by atoms with Crippen LogP contribution in [0.4, 0.5) is 25.0 Å². The maximum absolute atomic E-state index is 14.7. The number of anilines is 2. The van der Waals surface area contributed by atoms with Crippen molar-refractivity contribution in [2.45, 2.75) is 0 Å². The molecule has 0 radical (unpaired) electrons. The summed E-state index contributed by atoms with van der Waals surface area (Å²) in [6.45, 7) is 0.395. The Morgan fingerprint density at radius 2 is 1.71 bits per heavy atom. The van der Waals surface area contributed by atoms with Crippen molar-refractivity contribution in [1.29, 1.82) is 0 Å². The van der Waals surface area contributed by atoms with Crippen molar-refractivity contribution in [3.05, 3.63) is 90.0 Å². The number of oxazole rings is 1. The molecular formula is C34H26F2N4O7S. The Kier molecular flexibility index (Phi) is 7.39. The summed E-state index contributed by atoms with van der Waals surface area (Å²) in [6.07, 6.45) is 0.454. The fourth-order valence-electron chi connectivity index (χ4n) is 5.71. The van der Waals surface area contributed by atoms with Crippen LogP contribution >= 0.6 is 0 Å². The number of carbonyl (C=O) groups is 2. The lowest BCUT2D eigenvalue weighted by atomic mass is 9.96. The van der Waals surface area contributed by atoms with Crippen LogP contribution in [0, 0.1) is 11.6 Å². The van der Waals surface area contributed by atoms with E-state index in [0.29, 0.717) is 33.3 Å². The summed E-state index contributed by atoms with van der Waals surface area (Å²) >= 11 is 0. The standard InChI is InChI=1S/C34H26F2N4O7S/c1-37-32(41)29-23-16-21(26(39(2)48(3,43)44)17-28(23)46-31(29)18-7-10-20(35)11-8-18)19-9-12-25(40-13-14-45-34(40)42)22(15-19)33-38-30-24(36)5-4-6-27(30)47-33/h4-12,15-17H,13-14H2,1-3H3,(H,37,41). The Morgan fingerprint density at radius 3 is 2.38 bits per heavy atom. The lowest BCUT2D eigenvalue weighted by Gasteiger charge is -2.22. The minimum atomic E-state index is -3.82. The number of nitrogens with zero attached hydrogens (tertiary/aromatic N) is 3. The molecule has 0 saturated carbocycles. The number of sulfonamides is 1. The molecular weight excluding hydrogens is 646 g/mol. The molecule has 7 rings (SSSR count). The molecule has 4 aromatic carbocycles. The smallest absolute Gasteiger partial charge is 0.414 e. The Hall–Kier alpha value is -5.76. The van der Waals surface area contributed by atoms with E-state index in [4.69, 9.17) is 13.6 Å². The molecule has 3 heterocycles. The molecule has 14 heteroatoms. The van der Waals surface area contributed by atoms with Crippen LogP contribution in [0.5, 0.6) is 0 Å². The minimum Gasteiger partial charge on any atom is -0.455 e. The number of cyclic esters (lactones) is 1. The van der Waals surface area contributed by atoms with Crippen LogP contribution in [-0.4, -0.2) is 58.9 Å². The van der Waals surface area contributed by atoms with Crippen molar-refractivity contribution in [2.24, 2.45) is 0 Å². The fraction of sp³-hybridized carbons (Fsp3) is 0.147. The summed E-state index contributed by atoms with van der Waals surface area (Å²) in [5.41, 5.74) is 2.66. The summed E-state index contributed by atoms with van der Waals surface area (Å²) < 4.78 is 72.6. The predicted molar refractivity (Wildman–Crippen MR) is 175 cm³/mol. The van der Waals surface area contributed by atoms with Gasteiger partial charge in [-0.2, -0.15) is 0 Å². The molecule has 0 bridgehead atoms. The number of hydrogen-bond donors (Lipinski definition) is 1. The molecule has 2 aromatic heterocycles. The number of fused-ring (bicyclic) bond motifs is 2. The number of aromatic nitrogens is 1. The number of halogens is 2. The number of ether oxygens (including phenoxy) is 1. The minimum absolute atomic E-state index is 0.00582. The highest BCUT2D eigenvalue weighted by atomic mass is 32.2. The third-order valence-electron chi connectivity index (χ3n) is 8.16. The van der Waals surface area contributed by atoms with Gasteiger partial charge >= 0.3 is 6.09 Å². The van der Waals surface area contributed by atoms with Crippen LogP contribution < -0.4 is 14.5 Å². The topological polar surface area (TPSA) is 135 Å². The average molecular weight is 673 g/mol. The zero-order valence-corrected chi connectivity index (χ0v) is 26.5. The normalized spacial score (nSPS) is 13.4. The van der Waals surface area contributed by atoms with E-state index < -0.39 is 33.7 Å². The van der Waals surface area contributed by atoms with Gasteiger partial charge in [0.1, 0.15) is 29.3 Å². The van der Waals surface area contributed by atoms with Gasteiger partial charge in [0.25, 0.3) is 5.91 Å². The lowest BCUT2D eigenvalue weighted by Crippen LogP contribution is -2.25. The molecule has 6 aromatic rings. The van der Waals surface area contributed by atoms with Crippen LogP contribution in [0.3, 0.4) is 0 Å².